The van der Waals surface area contributed by atoms with Gasteiger partial charge in [-0.3, -0.25) is 0 Å². The van der Waals surface area contributed by atoms with Crippen LogP contribution in [0.3, 0.4) is 0 Å². The van der Waals surface area contributed by atoms with Crippen molar-refractivity contribution in [2.45, 2.75) is 19.4 Å². The first-order valence-corrected chi connectivity index (χ1v) is 5.66. The number of carbonyl (C=O) groups excluding carboxylic acids is 1. The molecule has 0 aliphatic carbocycles. The Labute approximate surface area is 110 Å². The van der Waals surface area contributed by atoms with Gasteiger partial charge in [0.25, 0.3) is 0 Å². The lowest BCUT2D eigenvalue weighted by Crippen LogP contribution is -2.36. The molecule has 4 nitrogen and oxygen atoms in total. The Bertz CT molecular complexity index is 475. The first kappa shape index (κ1) is 15.4. The molecule has 0 fully saturated rings. The second-order valence-electron chi connectivity index (χ2n) is 4.72. The van der Waals surface area contributed by atoms with Crippen LogP contribution < -0.4 is 5.32 Å². The smallest absolute Gasteiger partial charge is 0.340 e. The number of nitrogens with one attached hydrogen (secondary N) is 1. The van der Waals surface area contributed by atoms with Crippen LogP contribution in [-0.2, 0) is 9.47 Å². The molecule has 0 amide bonds. The van der Waals surface area contributed by atoms with Crippen LogP contribution in [0.4, 0.5) is 14.5 Å². The zero-order valence-corrected chi connectivity index (χ0v) is 11.3. The van der Waals surface area contributed by atoms with Gasteiger partial charge in [-0.25, -0.2) is 13.6 Å². The van der Waals surface area contributed by atoms with E-state index in [2.05, 4.69) is 10.1 Å². The van der Waals surface area contributed by atoms with Gasteiger partial charge in [0.15, 0.2) is 11.6 Å². The number of anilines is 1. The maximum atomic E-state index is 13.8. The molecule has 0 bridgehead atoms. The third-order valence-electron chi connectivity index (χ3n) is 2.47. The second-order valence-corrected chi connectivity index (χ2v) is 4.72. The Morgan fingerprint density at radius 3 is 2.42 bits per heavy atom. The van der Waals surface area contributed by atoms with Gasteiger partial charge >= 0.3 is 5.97 Å². The minimum atomic E-state index is -1.23. The number of esters is 1. The fraction of sp³-hybridized carbons (Fsp3) is 0.462. The maximum Gasteiger partial charge on any atom is 0.340 e. The summed E-state index contributed by atoms with van der Waals surface area (Å²) in [4.78, 5) is 11.2. The number of halogens is 2. The van der Waals surface area contributed by atoms with E-state index >= 15 is 0 Å². The van der Waals surface area contributed by atoms with E-state index in [-0.39, 0.29) is 5.69 Å². The van der Waals surface area contributed by atoms with Gasteiger partial charge in [0.1, 0.15) is 0 Å². The van der Waals surface area contributed by atoms with Crippen LogP contribution in [0.15, 0.2) is 12.1 Å². The lowest BCUT2D eigenvalue weighted by atomic mass is 10.1. The van der Waals surface area contributed by atoms with Crippen molar-refractivity contribution in [3.05, 3.63) is 29.3 Å². The summed E-state index contributed by atoms with van der Waals surface area (Å²) in [6, 6.07) is 2.47. The van der Waals surface area contributed by atoms with Crippen molar-refractivity contribution in [2.75, 3.05) is 26.1 Å². The number of carbonyl (C=O) groups is 1. The third kappa shape index (κ3) is 3.64. The van der Waals surface area contributed by atoms with Crippen LogP contribution in [0.5, 0.6) is 0 Å². The first-order chi connectivity index (χ1) is 8.82. The number of benzene rings is 1. The number of methoxy groups -OCH3 is 2. The molecule has 0 atom stereocenters. The summed E-state index contributed by atoms with van der Waals surface area (Å²) in [6.45, 7) is 3.87. The van der Waals surface area contributed by atoms with Gasteiger partial charge < -0.3 is 14.8 Å². The molecule has 0 unspecified atom stereocenters. The lowest BCUT2D eigenvalue weighted by Gasteiger charge is -2.27. The molecule has 0 saturated carbocycles. The molecule has 19 heavy (non-hydrogen) atoms. The van der Waals surface area contributed by atoms with Crippen molar-refractivity contribution < 1.29 is 23.0 Å². The fourth-order valence-corrected chi connectivity index (χ4v) is 1.68. The topological polar surface area (TPSA) is 47.6 Å². The molecular weight excluding hydrogens is 256 g/mol. The molecule has 106 valence electrons. The molecule has 1 aromatic carbocycles. The van der Waals surface area contributed by atoms with E-state index < -0.39 is 28.7 Å². The SMILES string of the molecule is COCC(C)(C)Nc1ccc(C(=O)OC)c(F)c1F. The average molecular weight is 273 g/mol. The number of hydrogen-bond donors (Lipinski definition) is 1. The van der Waals surface area contributed by atoms with Crippen LogP contribution in [0.2, 0.25) is 0 Å². The fourth-order valence-electron chi connectivity index (χ4n) is 1.68. The predicted molar refractivity (Wildman–Crippen MR) is 67.3 cm³/mol. The van der Waals surface area contributed by atoms with Crippen LogP contribution in [0, 0.1) is 11.6 Å². The van der Waals surface area contributed by atoms with Crippen LogP contribution in [0.25, 0.3) is 0 Å². The number of rotatable bonds is 5. The minimum absolute atomic E-state index is 0.0350. The molecule has 0 heterocycles. The monoisotopic (exact) mass is 273 g/mol. The highest BCUT2D eigenvalue weighted by atomic mass is 19.2. The highest BCUT2D eigenvalue weighted by Gasteiger charge is 2.23. The summed E-state index contributed by atoms with van der Waals surface area (Å²) < 4.78 is 36.9. The van der Waals surface area contributed by atoms with Gasteiger partial charge in [-0.15, -0.1) is 0 Å². The lowest BCUT2D eigenvalue weighted by molar-refractivity contribution is 0.0594. The van der Waals surface area contributed by atoms with Gasteiger partial charge in [0.2, 0.25) is 0 Å². The second kappa shape index (κ2) is 5.97. The van der Waals surface area contributed by atoms with Crippen molar-refractivity contribution in [1.82, 2.24) is 0 Å². The summed E-state index contributed by atoms with van der Waals surface area (Å²) in [6.07, 6.45) is 0. The Balaban J connectivity index is 3.06. The molecule has 1 aromatic rings. The molecule has 0 aliphatic heterocycles. The zero-order chi connectivity index (χ0) is 14.6. The normalized spacial score (nSPS) is 11.3. The summed E-state index contributed by atoms with van der Waals surface area (Å²) in [5.74, 6) is -3.27. The van der Waals surface area contributed by atoms with Gasteiger partial charge in [-0.1, -0.05) is 0 Å². The zero-order valence-electron chi connectivity index (χ0n) is 11.3. The molecule has 0 radical (unpaired) electrons. The van der Waals surface area contributed by atoms with Crippen LogP contribution >= 0.6 is 0 Å². The van der Waals surface area contributed by atoms with E-state index in [4.69, 9.17) is 4.74 Å². The Kier molecular flexibility index (Phi) is 4.83. The van der Waals surface area contributed by atoms with E-state index in [1.54, 1.807) is 13.8 Å². The van der Waals surface area contributed by atoms with Gasteiger partial charge in [0, 0.05) is 7.11 Å². The number of ether oxygens (including phenoxy) is 2. The van der Waals surface area contributed by atoms with Gasteiger partial charge in [-0.2, -0.15) is 0 Å². The maximum absolute atomic E-state index is 13.8. The van der Waals surface area contributed by atoms with E-state index in [1.165, 1.54) is 19.2 Å². The molecule has 0 saturated heterocycles. The summed E-state index contributed by atoms with van der Waals surface area (Å²) >= 11 is 0. The van der Waals surface area contributed by atoms with Crippen molar-refractivity contribution in [3.63, 3.8) is 0 Å². The summed E-state index contributed by atoms with van der Waals surface area (Å²) in [7, 11) is 2.62. The molecule has 0 aliphatic rings. The first-order valence-electron chi connectivity index (χ1n) is 5.66. The van der Waals surface area contributed by atoms with E-state index in [9.17, 15) is 13.6 Å². The average Bonchev–Trinajstić information content (AvgIpc) is 2.34. The molecule has 1 rings (SSSR count). The van der Waals surface area contributed by atoms with Gasteiger partial charge in [-0.05, 0) is 26.0 Å². The van der Waals surface area contributed by atoms with Crippen LogP contribution in [0.1, 0.15) is 24.2 Å². The minimum Gasteiger partial charge on any atom is -0.465 e. The Morgan fingerprint density at radius 2 is 1.89 bits per heavy atom. The largest absolute Gasteiger partial charge is 0.465 e. The van der Waals surface area contributed by atoms with Crippen molar-refractivity contribution >= 4 is 11.7 Å². The molecule has 6 heteroatoms. The van der Waals surface area contributed by atoms with Crippen molar-refractivity contribution in [1.29, 1.82) is 0 Å². The summed E-state index contributed by atoms with van der Waals surface area (Å²) in [5.41, 5.74) is -1.04. The van der Waals surface area contributed by atoms with E-state index in [0.717, 1.165) is 7.11 Å². The van der Waals surface area contributed by atoms with E-state index in [0.29, 0.717) is 6.61 Å². The van der Waals surface area contributed by atoms with Crippen molar-refractivity contribution in [2.24, 2.45) is 0 Å². The Morgan fingerprint density at radius 1 is 1.26 bits per heavy atom. The summed E-state index contributed by atoms with van der Waals surface area (Å²) in [5, 5.41) is 2.82. The van der Waals surface area contributed by atoms with E-state index in [1.807, 2.05) is 0 Å². The highest BCUT2D eigenvalue weighted by Crippen LogP contribution is 2.24. The van der Waals surface area contributed by atoms with Gasteiger partial charge in [0.05, 0.1) is 30.5 Å². The Hall–Kier alpha value is -1.69. The number of hydrogen-bond acceptors (Lipinski definition) is 4. The van der Waals surface area contributed by atoms with Crippen LogP contribution in [-0.4, -0.2) is 32.3 Å². The molecular formula is C13H17F2NO3. The molecule has 0 spiro atoms. The highest BCUT2D eigenvalue weighted by molar-refractivity contribution is 5.90. The standard InChI is InChI=1S/C13H17F2NO3/c1-13(2,7-18-3)16-9-6-5-8(12(17)19-4)10(14)11(9)15/h5-6,16H,7H2,1-4H3. The quantitative estimate of drug-likeness (QED) is 0.838. The predicted octanol–water partition coefficient (Wildman–Crippen LogP) is 2.59. The molecule has 0 aromatic heterocycles. The van der Waals surface area contributed by atoms with Crippen molar-refractivity contribution in [3.8, 4) is 0 Å². The molecule has 1 N–H and O–H groups in total. The third-order valence-corrected chi connectivity index (χ3v) is 2.47.